The summed E-state index contributed by atoms with van der Waals surface area (Å²) in [6.07, 6.45) is 2.78. The van der Waals surface area contributed by atoms with Gasteiger partial charge in [0.05, 0.1) is 16.3 Å². The molecule has 0 unspecified atom stereocenters. The molecule has 1 heterocycles. The van der Waals surface area contributed by atoms with Crippen LogP contribution in [-0.4, -0.2) is 17.4 Å². The maximum Gasteiger partial charge on any atom is 0.259 e. The van der Waals surface area contributed by atoms with Crippen LogP contribution < -0.4 is 4.90 Å². The fraction of sp³-hybridized carbons (Fsp3) is 0.250. The number of nitrogens with one attached hydrogen (secondary N) is 1. The van der Waals surface area contributed by atoms with Crippen LogP contribution in [0.2, 0.25) is 10.0 Å². The van der Waals surface area contributed by atoms with Gasteiger partial charge in [0.25, 0.3) is 5.91 Å². The lowest BCUT2D eigenvalue weighted by Gasteiger charge is -2.24. The molecule has 3 aromatic rings. The third-order valence-electron chi connectivity index (χ3n) is 4.19. The van der Waals surface area contributed by atoms with Crippen molar-refractivity contribution >= 4 is 45.7 Å². The summed E-state index contributed by atoms with van der Waals surface area (Å²) in [5.74, 6) is 0.369. The van der Waals surface area contributed by atoms with Gasteiger partial charge in [0.15, 0.2) is 0 Å². The standard InChI is InChI=1S/C20H20Cl2N2O/c1-13(2)9-10-24(19-12-23-18-6-4-3-5-16(18)19)20(25)15-8-7-14(21)11-17(15)22/h3-8,11-13,23H,9-10H2,1-2H3. The number of benzene rings is 2. The molecule has 0 saturated heterocycles. The van der Waals surface area contributed by atoms with E-state index in [0.717, 1.165) is 23.0 Å². The van der Waals surface area contributed by atoms with E-state index in [1.165, 1.54) is 0 Å². The molecule has 130 valence electrons. The summed E-state index contributed by atoms with van der Waals surface area (Å²) in [5, 5.41) is 1.90. The number of halogens is 2. The van der Waals surface area contributed by atoms with Gasteiger partial charge >= 0.3 is 0 Å². The summed E-state index contributed by atoms with van der Waals surface area (Å²) in [4.78, 5) is 18.3. The van der Waals surface area contributed by atoms with Crippen molar-refractivity contribution in [3.8, 4) is 0 Å². The average Bonchev–Trinajstić information content (AvgIpc) is 2.99. The van der Waals surface area contributed by atoms with Crippen LogP contribution in [0.5, 0.6) is 0 Å². The highest BCUT2D eigenvalue weighted by Crippen LogP contribution is 2.30. The molecule has 2 aromatic carbocycles. The second-order valence-electron chi connectivity index (χ2n) is 6.48. The molecule has 0 atom stereocenters. The Morgan fingerprint density at radius 1 is 1.16 bits per heavy atom. The van der Waals surface area contributed by atoms with Crippen LogP contribution in [0.1, 0.15) is 30.6 Å². The van der Waals surface area contributed by atoms with Crippen molar-refractivity contribution in [3.05, 3.63) is 64.3 Å². The van der Waals surface area contributed by atoms with Gasteiger partial charge in [-0.3, -0.25) is 4.79 Å². The zero-order valence-electron chi connectivity index (χ0n) is 14.2. The number of hydrogen-bond acceptors (Lipinski definition) is 1. The van der Waals surface area contributed by atoms with Gasteiger partial charge in [-0.25, -0.2) is 0 Å². The van der Waals surface area contributed by atoms with Crippen molar-refractivity contribution in [1.82, 2.24) is 4.98 Å². The minimum atomic E-state index is -0.118. The number of aromatic amines is 1. The lowest BCUT2D eigenvalue weighted by molar-refractivity contribution is 0.0986. The van der Waals surface area contributed by atoms with E-state index in [2.05, 4.69) is 18.8 Å². The number of amides is 1. The molecule has 0 aliphatic carbocycles. The first-order valence-corrected chi connectivity index (χ1v) is 9.06. The van der Waals surface area contributed by atoms with E-state index in [4.69, 9.17) is 23.2 Å². The number of H-pyrrole nitrogens is 1. The summed E-state index contributed by atoms with van der Waals surface area (Å²) >= 11 is 12.2. The first kappa shape index (κ1) is 17.8. The maximum absolute atomic E-state index is 13.2. The maximum atomic E-state index is 13.2. The highest BCUT2D eigenvalue weighted by molar-refractivity contribution is 6.37. The van der Waals surface area contributed by atoms with Crippen molar-refractivity contribution in [2.24, 2.45) is 5.92 Å². The third-order valence-corrected chi connectivity index (χ3v) is 4.74. The normalized spacial score (nSPS) is 11.2. The third kappa shape index (κ3) is 3.83. The monoisotopic (exact) mass is 374 g/mol. The molecular weight excluding hydrogens is 355 g/mol. The second kappa shape index (κ2) is 7.51. The molecule has 0 fully saturated rings. The van der Waals surface area contributed by atoms with E-state index in [1.54, 1.807) is 23.1 Å². The number of hydrogen-bond donors (Lipinski definition) is 1. The Kier molecular flexibility index (Phi) is 5.36. The van der Waals surface area contributed by atoms with Gasteiger partial charge in [-0.15, -0.1) is 0 Å². The average molecular weight is 375 g/mol. The number of fused-ring (bicyclic) bond motifs is 1. The highest BCUT2D eigenvalue weighted by Gasteiger charge is 2.22. The first-order valence-electron chi connectivity index (χ1n) is 8.30. The van der Waals surface area contributed by atoms with Crippen LogP contribution in [0.3, 0.4) is 0 Å². The second-order valence-corrected chi connectivity index (χ2v) is 7.33. The van der Waals surface area contributed by atoms with E-state index in [9.17, 15) is 4.79 Å². The summed E-state index contributed by atoms with van der Waals surface area (Å²) in [7, 11) is 0. The molecule has 1 aromatic heterocycles. The van der Waals surface area contributed by atoms with Gasteiger partial charge in [-0.05, 0) is 36.6 Å². The SMILES string of the molecule is CC(C)CCN(C(=O)c1ccc(Cl)cc1Cl)c1c[nH]c2ccccc12. The fourth-order valence-electron chi connectivity index (χ4n) is 2.81. The molecular formula is C20H20Cl2N2O. The summed E-state index contributed by atoms with van der Waals surface area (Å²) in [5.41, 5.74) is 2.33. The predicted molar refractivity (Wildman–Crippen MR) is 106 cm³/mol. The van der Waals surface area contributed by atoms with E-state index in [0.29, 0.717) is 28.1 Å². The molecule has 0 aliphatic rings. The van der Waals surface area contributed by atoms with Crippen molar-refractivity contribution in [2.45, 2.75) is 20.3 Å². The minimum absolute atomic E-state index is 0.118. The predicted octanol–water partition coefficient (Wildman–Crippen LogP) is 6.17. The molecule has 1 amide bonds. The van der Waals surface area contributed by atoms with Gasteiger partial charge in [-0.1, -0.05) is 55.2 Å². The van der Waals surface area contributed by atoms with Crippen LogP contribution in [0, 0.1) is 5.92 Å². The smallest absolute Gasteiger partial charge is 0.259 e. The molecule has 3 nitrogen and oxygen atoms in total. The van der Waals surface area contributed by atoms with E-state index in [-0.39, 0.29) is 5.91 Å². The number of carbonyl (C=O) groups is 1. The number of para-hydroxylation sites is 1. The Balaban J connectivity index is 2.03. The summed E-state index contributed by atoms with van der Waals surface area (Å²) < 4.78 is 0. The highest BCUT2D eigenvalue weighted by atomic mass is 35.5. The largest absolute Gasteiger partial charge is 0.359 e. The lowest BCUT2D eigenvalue weighted by Crippen LogP contribution is -2.32. The van der Waals surface area contributed by atoms with Crippen LogP contribution in [-0.2, 0) is 0 Å². The number of aromatic nitrogens is 1. The molecule has 0 bridgehead atoms. The van der Waals surface area contributed by atoms with Gasteiger partial charge < -0.3 is 9.88 Å². The molecule has 25 heavy (non-hydrogen) atoms. The Morgan fingerprint density at radius 2 is 1.92 bits per heavy atom. The van der Waals surface area contributed by atoms with E-state index >= 15 is 0 Å². The van der Waals surface area contributed by atoms with Gasteiger partial charge in [0, 0.05) is 28.7 Å². The molecule has 3 rings (SSSR count). The van der Waals surface area contributed by atoms with Gasteiger partial charge in [0.2, 0.25) is 0 Å². The van der Waals surface area contributed by atoms with Gasteiger partial charge in [-0.2, -0.15) is 0 Å². The molecule has 0 radical (unpaired) electrons. The molecule has 0 saturated carbocycles. The van der Waals surface area contributed by atoms with Crippen molar-refractivity contribution < 1.29 is 4.79 Å². The topological polar surface area (TPSA) is 36.1 Å². The van der Waals surface area contributed by atoms with Crippen molar-refractivity contribution in [2.75, 3.05) is 11.4 Å². The van der Waals surface area contributed by atoms with Crippen LogP contribution >= 0.6 is 23.2 Å². The Hall–Kier alpha value is -1.97. The Labute approximate surface area is 157 Å². The summed E-state index contributed by atoms with van der Waals surface area (Å²) in [6, 6.07) is 12.9. The number of nitrogens with zero attached hydrogens (tertiary/aromatic N) is 1. The van der Waals surface area contributed by atoms with E-state index < -0.39 is 0 Å². The van der Waals surface area contributed by atoms with Gasteiger partial charge in [0.1, 0.15) is 0 Å². The Bertz CT molecular complexity index is 902. The number of anilines is 1. The van der Waals surface area contributed by atoms with Crippen molar-refractivity contribution in [3.63, 3.8) is 0 Å². The molecule has 1 N–H and O–H groups in total. The molecule has 0 spiro atoms. The summed E-state index contributed by atoms with van der Waals surface area (Å²) in [6.45, 7) is 4.91. The minimum Gasteiger partial charge on any atom is -0.359 e. The number of carbonyl (C=O) groups excluding carboxylic acids is 1. The lowest BCUT2D eigenvalue weighted by atomic mass is 10.1. The molecule has 5 heteroatoms. The van der Waals surface area contributed by atoms with Crippen molar-refractivity contribution in [1.29, 1.82) is 0 Å². The van der Waals surface area contributed by atoms with Crippen LogP contribution in [0.4, 0.5) is 5.69 Å². The number of rotatable bonds is 5. The fourth-order valence-corrected chi connectivity index (χ4v) is 3.30. The van der Waals surface area contributed by atoms with Crippen LogP contribution in [0.15, 0.2) is 48.7 Å². The molecule has 0 aliphatic heterocycles. The quantitative estimate of drug-likeness (QED) is 0.569. The van der Waals surface area contributed by atoms with Crippen LogP contribution in [0.25, 0.3) is 10.9 Å². The zero-order chi connectivity index (χ0) is 18.0. The Morgan fingerprint density at radius 3 is 2.64 bits per heavy atom. The van der Waals surface area contributed by atoms with E-state index in [1.807, 2.05) is 30.5 Å². The zero-order valence-corrected chi connectivity index (χ0v) is 15.7. The first-order chi connectivity index (χ1) is 12.0.